The Bertz CT molecular complexity index is 522. The number of aliphatic hydroxyl groups excluding tert-OH is 1. The number of hydrogen-bond donors (Lipinski definition) is 3. The number of likely N-dealkylation sites (N-methyl/N-ethyl adjacent to an activating group) is 1. The Morgan fingerprint density at radius 2 is 2.26 bits per heavy atom. The van der Waals surface area contributed by atoms with E-state index < -0.39 is 0 Å². The van der Waals surface area contributed by atoms with Crippen molar-refractivity contribution in [1.29, 1.82) is 0 Å². The van der Waals surface area contributed by atoms with Crippen LogP contribution in [0.2, 0.25) is 0 Å². The number of dihydropyridines is 1. The predicted molar refractivity (Wildman–Crippen MR) is 97.0 cm³/mol. The molecule has 23 heavy (non-hydrogen) atoms. The van der Waals surface area contributed by atoms with E-state index in [1.54, 1.807) is 0 Å². The van der Waals surface area contributed by atoms with Gasteiger partial charge in [-0.3, -0.25) is 0 Å². The van der Waals surface area contributed by atoms with Gasteiger partial charge in [-0.15, -0.1) is 0 Å². The molecule has 1 atom stereocenters. The van der Waals surface area contributed by atoms with Gasteiger partial charge < -0.3 is 20.6 Å². The lowest BCUT2D eigenvalue weighted by atomic mass is 9.98. The highest BCUT2D eigenvalue weighted by Gasteiger charge is 2.17. The van der Waals surface area contributed by atoms with Crippen molar-refractivity contribution < 1.29 is 5.11 Å². The summed E-state index contributed by atoms with van der Waals surface area (Å²) in [5.41, 5.74) is 3.56. The third-order valence-electron chi connectivity index (χ3n) is 4.30. The average Bonchev–Trinajstić information content (AvgIpc) is 2.54. The van der Waals surface area contributed by atoms with Crippen molar-refractivity contribution in [2.45, 2.75) is 39.2 Å². The fourth-order valence-electron chi connectivity index (χ4n) is 2.96. The molecular formula is C18H28ClN3O. The van der Waals surface area contributed by atoms with Crippen LogP contribution < -0.4 is 10.6 Å². The number of halogens is 1. The summed E-state index contributed by atoms with van der Waals surface area (Å²) in [7, 11) is 0. The maximum Gasteiger partial charge on any atom is 0.0558 e. The van der Waals surface area contributed by atoms with Crippen LogP contribution >= 0.6 is 11.6 Å². The maximum atomic E-state index is 9.03. The molecule has 0 bridgehead atoms. The smallest absolute Gasteiger partial charge is 0.0558 e. The lowest BCUT2D eigenvalue weighted by Crippen LogP contribution is -2.31. The Kier molecular flexibility index (Phi) is 7.21. The fourth-order valence-corrected chi connectivity index (χ4v) is 3.14. The Morgan fingerprint density at radius 1 is 1.43 bits per heavy atom. The summed E-state index contributed by atoms with van der Waals surface area (Å²) >= 11 is 6.08. The first-order valence-corrected chi connectivity index (χ1v) is 8.85. The zero-order valence-corrected chi connectivity index (χ0v) is 14.9. The van der Waals surface area contributed by atoms with Gasteiger partial charge in [0.25, 0.3) is 0 Å². The summed E-state index contributed by atoms with van der Waals surface area (Å²) in [4.78, 5) is 2.29. The maximum absolute atomic E-state index is 9.03. The Hall–Kier alpha value is -1.23. The lowest BCUT2D eigenvalue weighted by molar-refractivity contribution is 0.198. The highest BCUT2D eigenvalue weighted by Crippen LogP contribution is 2.28. The molecule has 1 aliphatic heterocycles. The molecule has 0 radical (unpaired) electrons. The lowest BCUT2D eigenvalue weighted by Gasteiger charge is -2.26. The standard InChI is InChI=1S/C18H28ClN3O/c1-3-22(11-12-23)10-4-5-14(2)21-17-8-9-20-18-13-15(19)6-7-16(17)18/h6,8-9,13-14,20-21,23H,3-5,7,10-12H2,1-2H3/t14-/m0/s1. The molecule has 1 heterocycles. The summed E-state index contributed by atoms with van der Waals surface area (Å²) < 4.78 is 0. The van der Waals surface area contributed by atoms with E-state index in [0.29, 0.717) is 6.04 Å². The summed E-state index contributed by atoms with van der Waals surface area (Å²) in [6.45, 7) is 7.40. The number of allylic oxidation sites excluding steroid dienone is 5. The highest BCUT2D eigenvalue weighted by atomic mass is 35.5. The number of rotatable bonds is 9. The van der Waals surface area contributed by atoms with E-state index in [9.17, 15) is 0 Å². The minimum absolute atomic E-state index is 0.237. The van der Waals surface area contributed by atoms with Crippen molar-refractivity contribution in [3.63, 3.8) is 0 Å². The first-order chi connectivity index (χ1) is 11.1. The van der Waals surface area contributed by atoms with E-state index >= 15 is 0 Å². The highest BCUT2D eigenvalue weighted by molar-refractivity contribution is 6.31. The Balaban J connectivity index is 1.84. The van der Waals surface area contributed by atoms with Crippen LogP contribution in [0.3, 0.4) is 0 Å². The van der Waals surface area contributed by atoms with Gasteiger partial charge in [0.1, 0.15) is 0 Å². The van der Waals surface area contributed by atoms with E-state index in [-0.39, 0.29) is 6.61 Å². The van der Waals surface area contributed by atoms with Crippen LogP contribution in [-0.4, -0.2) is 42.3 Å². The predicted octanol–water partition coefficient (Wildman–Crippen LogP) is 2.84. The van der Waals surface area contributed by atoms with Gasteiger partial charge in [0.15, 0.2) is 0 Å². The van der Waals surface area contributed by atoms with Gasteiger partial charge in [0.2, 0.25) is 0 Å². The SMILES string of the molecule is CCN(CCO)CCC[C@H](C)NC1=C2CC=C(Cl)C=C2NC=C1. The topological polar surface area (TPSA) is 47.5 Å². The number of nitrogens with zero attached hydrogens (tertiary/aromatic N) is 1. The molecule has 0 amide bonds. The van der Waals surface area contributed by atoms with Crippen molar-refractivity contribution in [2.24, 2.45) is 0 Å². The molecule has 1 aliphatic carbocycles. The van der Waals surface area contributed by atoms with Crippen LogP contribution in [0.25, 0.3) is 0 Å². The summed E-state index contributed by atoms with van der Waals surface area (Å²) in [5, 5.41) is 16.7. The van der Waals surface area contributed by atoms with E-state index in [1.165, 1.54) is 11.3 Å². The number of hydrogen-bond acceptors (Lipinski definition) is 4. The van der Waals surface area contributed by atoms with E-state index in [2.05, 4.69) is 35.5 Å². The average molecular weight is 338 g/mol. The molecular weight excluding hydrogens is 310 g/mol. The van der Waals surface area contributed by atoms with Crippen LogP contribution in [0, 0.1) is 0 Å². The third-order valence-corrected chi connectivity index (χ3v) is 4.56. The molecule has 4 nitrogen and oxygen atoms in total. The fraction of sp³-hybridized carbons (Fsp3) is 0.556. The summed E-state index contributed by atoms with van der Waals surface area (Å²) in [6.07, 6.45) is 11.2. The van der Waals surface area contributed by atoms with Gasteiger partial charge in [0.05, 0.1) is 6.61 Å². The zero-order valence-electron chi connectivity index (χ0n) is 14.1. The molecule has 3 N–H and O–H groups in total. The molecule has 0 fully saturated rings. The second-order valence-electron chi connectivity index (χ2n) is 6.07. The molecule has 0 spiro atoms. The van der Waals surface area contributed by atoms with Gasteiger partial charge in [-0.2, -0.15) is 0 Å². The molecule has 0 aromatic rings. The summed E-state index contributed by atoms with van der Waals surface area (Å²) in [6, 6.07) is 0.413. The third kappa shape index (κ3) is 5.41. The number of aliphatic hydroxyl groups is 1. The molecule has 2 aliphatic rings. The van der Waals surface area contributed by atoms with E-state index in [0.717, 1.165) is 49.6 Å². The Labute approximate surface area is 144 Å². The van der Waals surface area contributed by atoms with Crippen molar-refractivity contribution in [3.8, 4) is 0 Å². The van der Waals surface area contributed by atoms with Gasteiger partial charge in [-0.05, 0) is 51.4 Å². The van der Waals surface area contributed by atoms with Gasteiger partial charge >= 0.3 is 0 Å². The van der Waals surface area contributed by atoms with Crippen molar-refractivity contribution in [2.75, 3.05) is 26.2 Å². The molecule has 0 aromatic carbocycles. The molecule has 0 saturated carbocycles. The molecule has 0 saturated heterocycles. The Morgan fingerprint density at radius 3 is 3.00 bits per heavy atom. The van der Waals surface area contributed by atoms with E-state index in [1.807, 2.05) is 18.4 Å². The molecule has 0 aromatic heterocycles. The van der Waals surface area contributed by atoms with Crippen molar-refractivity contribution in [3.05, 3.63) is 46.4 Å². The second kappa shape index (κ2) is 9.16. The van der Waals surface area contributed by atoms with E-state index in [4.69, 9.17) is 16.7 Å². The normalized spacial score (nSPS) is 18.3. The second-order valence-corrected chi connectivity index (χ2v) is 6.50. The van der Waals surface area contributed by atoms with Crippen LogP contribution in [-0.2, 0) is 0 Å². The van der Waals surface area contributed by atoms with Crippen LogP contribution in [0.4, 0.5) is 0 Å². The number of fused-ring (bicyclic) bond motifs is 1. The minimum Gasteiger partial charge on any atom is -0.395 e. The molecule has 128 valence electrons. The number of nitrogens with one attached hydrogen (secondary N) is 2. The monoisotopic (exact) mass is 337 g/mol. The zero-order chi connectivity index (χ0) is 16.7. The first kappa shape index (κ1) is 18.1. The first-order valence-electron chi connectivity index (χ1n) is 8.47. The van der Waals surface area contributed by atoms with Crippen LogP contribution in [0.15, 0.2) is 46.4 Å². The molecule has 0 unspecified atom stereocenters. The summed E-state index contributed by atoms with van der Waals surface area (Å²) in [5.74, 6) is 0. The van der Waals surface area contributed by atoms with Gasteiger partial charge in [0, 0.05) is 40.8 Å². The van der Waals surface area contributed by atoms with Crippen LogP contribution in [0.1, 0.15) is 33.1 Å². The minimum atomic E-state index is 0.237. The molecule has 2 rings (SSSR count). The van der Waals surface area contributed by atoms with Gasteiger partial charge in [-0.25, -0.2) is 0 Å². The largest absolute Gasteiger partial charge is 0.395 e. The van der Waals surface area contributed by atoms with Crippen molar-refractivity contribution >= 4 is 11.6 Å². The van der Waals surface area contributed by atoms with Crippen LogP contribution in [0.5, 0.6) is 0 Å². The molecule has 5 heteroatoms. The van der Waals surface area contributed by atoms with Gasteiger partial charge in [-0.1, -0.05) is 24.6 Å². The quantitative estimate of drug-likeness (QED) is 0.605. The van der Waals surface area contributed by atoms with Crippen molar-refractivity contribution in [1.82, 2.24) is 15.5 Å².